The zero-order valence-corrected chi connectivity index (χ0v) is 7.24. The lowest BCUT2D eigenvalue weighted by atomic mass is 10.4. The molecular weight excluding hydrogens is 190 g/mol. The van der Waals surface area contributed by atoms with Gasteiger partial charge in [0.05, 0.1) is 1.37 Å². The SMILES string of the molecule is [2H]c1nc2nc(C([2H])([2H])[2H])c([2H])c(N(C([2H])([2H])C([2H])([2H])[2H])C([2H])([2H])C([2H])([2H])[2H])n2n1. The summed E-state index contributed by atoms with van der Waals surface area (Å²) in [4.78, 5) is 6.67. The summed E-state index contributed by atoms with van der Waals surface area (Å²) in [6.45, 7) is -18.0. The Bertz CT molecular complexity index is 926. The highest BCUT2D eigenvalue weighted by molar-refractivity contribution is 5.46. The number of hydrogen-bond donors (Lipinski definition) is 0. The summed E-state index contributed by atoms with van der Waals surface area (Å²) < 4.78 is 115. The van der Waals surface area contributed by atoms with Crippen LogP contribution in [0.2, 0.25) is 0 Å². The summed E-state index contributed by atoms with van der Waals surface area (Å²) in [5.74, 6) is -1.87. The van der Waals surface area contributed by atoms with Crippen LogP contribution in [0.3, 0.4) is 0 Å². The molecule has 15 heavy (non-hydrogen) atoms. The van der Waals surface area contributed by atoms with Gasteiger partial charge in [-0.05, 0) is 20.6 Å². The highest BCUT2D eigenvalue weighted by Gasteiger charge is 2.09. The van der Waals surface area contributed by atoms with Gasteiger partial charge in [0.2, 0.25) is 0 Å². The molecule has 5 heteroatoms. The molecule has 0 aliphatic carbocycles. The molecule has 0 atom stereocenters. The first kappa shape index (κ1) is 2.36. The fraction of sp³-hybridized carbons (Fsp3) is 0.500. The topological polar surface area (TPSA) is 46.3 Å². The minimum atomic E-state index is -3.77. The number of rotatable bonds is 3. The van der Waals surface area contributed by atoms with Crippen LogP contribution < -0.4 is 4.90 Å². The van der Waals surface area contributed by atoms with E-state index in [-0.39, 0.29) is 4.90 Å². The summed E-state index contributed by atoms with van der Waals surface area (Å²) in [5, 5.41) is 3.47. The van der Waals surface area contributed by atoms with Gasteiger partial charge in [0, 0.05) is 42.5 Å². The molecule has 0 aromatic carbocycles. The highest BCUT2D eigenvalue weighted by Crippen LogP contribution is 2.14. The van der Waals surface area contributed by atoms with E-state index in [0.29, 0.717) is 4.52 Å². The van der Waals surface area contributed by atoms with Crippen LogP contribution in [0.5, 0.6) is 0 Å². The van der Waals surface area contributed by atoms with Crippen molar-refractivity contribution in [1.82, 2.24) is 19.6 Å². The molecule has 5 nitrogen and oxygen atoms in total. The van der Waals surface area contributed by atoms with Crippen molar-refractivity contribution < 1.29 is 20.6 Å². The molecule has 0 amide bonds. The van der Waals surface area contributed by atoms with E-state index in [4.69, 9.17) is 20.6 Å². The molecule has 0 spiro atoms. The molecular formula is C10H15N5. The molecule has 0 aliphatic heterocycles. The van der Waals surface area contributed by atoms with Crippen molar-refractivity contribution in [2.45, 2.75) is 20.6 Å². The number of anilines is 1. The summed E-state index contributed by atoms with van der Waals surface area (Å²) in [7, 11) is 0. The zero-order valence-electron chi connectivity index (χ0n) is 22.2. The first-order chi connectivity index (χ1) is 13.1. The van der Waals surface area contributed by atoms with Gasteiger partial charge in [0.15, 0.2) is 0 Å². The Morgan fingerprint density at radius 2 is 2.47 bits per heavy atom. The number of hydrogen-bond acceptors (Lipinski definition) is 4. The minimum absolute atomic E-state index is 0.368. The van der Waals surface area contributed by atoms with Gasteiger partial charge in [-0.2, -0.15) is 14.6 Å². The quantitative estimate of drug-likeness (QED) is 0.781. The molecule has 0 unspecified atom stereocenters. The Labute approximate surface area is 110 Å². The van der Waals surface area contributed by atoms with Gasteiger partial charge in [-0.15, -0.1) is 0 Å². The molecule has 0 saturated heterocycles. The van der Waals surface area contributed by atoms with E-state index in [9.17, 15) is 0 Å². The van der Waals surface area contributed by atoms with Crippen LogP contribution >= 0.6 is 0 Å². The third kappa shape index (κ3) is 1.65. The summed E-state index contributed by atoms with van der Waals surface area (Å²) in [5.41, 5.74) is -1.04. The van der Waals surface area contributed by atoms with Crippen molar-refractivity contribution in [3.05, 3.63) is 18.0 Å². The minimum Gasteiger partial charge on any atom is -0.357 e. The second-order valence-corrected chi connectivity index (χ2v) is 2.39. The van der Waals surface area contributed by atoms with Crippen LogP contribution in [-0.2, 0) is 0 Å². The molecule has 80 valence electrons. The summed E-state index contributed by atoms with van der Waals surface area (Å²) in [6.07, 6.45) is -0.797. The molecule has 0 bridgehead atoms. The first-order valence-electron chi connectivity index (χ1n) is 11.2. The van der Waals surface area contributed by atoms with Gasteiger partial charge >= 0.3 is 0 Å². The molecule has 0 N–H and O–H groups in total. The van der Waals surface area contributed by atoms with Crippen LogP contribution in [0.4, 0.5) is 5.82 Å². The fourth-order valence-corrected chi connectivity index (χ4v) is 0.990. The van der Waals surface area contributed by atoms with E-state index in [1.54, 1.807) is 0 Å². The predicted molar refractivity (Wildman–Crippen MR) is 59.1 cm³/mol. The van der Waals surface area contributed by atoms with E-state index in [2.05, 4.69) is 15.1 Å². The maximum atomic E-state index is 8.18. The standard InChI is InChI=1S/C10H15N5/c1-4-14(5-2)9-6-8(3)13-10-11-7-12-15(9)10/h6-7H,4-5H2,1-3H3/i1D3,2D3,3D3,4D2,5D2,6D,7D. The van der Waals surface area contributed by atoms with Gasteiger partial charge in [-0.3, -0.25) is 0 Å². The third-order valence-electron chi connectivity index (χ3n) is 1.56. The van der Waals surface area contributed by atoms with E-state index in [1.165, 1.54) is 0 Å². The predicted octanol–water partition coefficient (Wildman–Crippen LogP) is 1.28. The monoisotopic (exact) mass is 220 g/mol. The van der Waals surface area contributed by atoms with Gasteiger partial charge in [0.25, 0.3) is 5.78 Å². The molecule has 2 heterocycles. The molecule has 2 aromatic heterocycles. The van der Waals surface area contributed by atoms with Crippen molar-refractivity contribution in [1.29, 1.82) is 0 Å². The largest absolute Gasteiger partial charge is 0.357 e. The highest BCUT2D eigenvalue weighted by atomic mass is 15.4. The van der Waals surface area contributed by atoms with E-state index < -0.39 is 63.2 Å². The van der Waals surface area contributed by atoms with Gasteiger partial charge in [0.1, 0.15) is 13.5 Å². The smallest absolute Gasteiger partial charge is 0.254 e. The lowest BCUT2D eigenvalue weighted by molar-refractivity contribution is 0.796. The van der Waals surface area contributed by atoms with Crippen molar-refractivity contribution in [3.63, 3.8) is 0 Å². The van der Waals surface area contributed by atoms with E-state index in [0.717, 1.165) is 0 Å². The molecule has 2 aromatic rings. The Hall–Kier alpha value is -1.65. The zero-order chi connectivity index (χ0) is 23.7. The lowest BCUT2D eigenvalue weighted by Gasteiger charge is -2.21. The lowest BCUT2D eigenvalue weighted by Crippen LogP contribution is -2.25. The third-order valence-corrected chi connectivity index (χ3v) is 1.56. The Morgan fingerprint density at radius 3 is 3.20 bits per heavy atom. The first-order valence-corrected chi connectivity index (χ1v) is 3.69. The van der Waals surface area contributed by atoms with Crippen LogP contribution in [0.25, 0.3) is 5.78 Å². The molecule has 2 rings (SSSR count). The van der Waals surface area contributed by atoms with Crippen molar-refractivity contribution >= 4 is 11.6 Å². The summed E-state index contributed by atoms with van der Waals surface area (Å²) in [6, 6.07) is -1.20. The van der Waals surface area contributed by atoms with Crippen molar-refractivity contribution in [2.75, 3.05) is 17.9 Å². The Kier molecular flexibility index (Phi) is 0.605. The molecule has 0 saturated carbocycles. The maximum absolute atomic E-state index is 8.18. The normalized spacial score (nSPS) is 30.0. The molecule has 0 radical (unpaired) electrons. The second kappa shape index (κ2) is 3.84. The van der Waals surface area contributed by atoms with Crippen LogP contribution in [0.1, 0.15) is 40.0 Å². The van der Waals surface area contributed by atoms with Gasteiger partial charge < -0.3 is 4.90 Å². The Morgan fingerprint density at radius 1 is 1.60 bits per heavy atom. The average molecular weight is 220 g/mol. The number of aromatic nitrogens is 4. The van der Waals surface area contributed by atoms with Gasteiger partial charge in [-0.1, -0.05) is 0 Å². The molecule has 0 aliphatic rings. The van der Waals surface area contributed by atoms with Crippen LogP contribution in [0.15, 0.2) is 12.3 Å². The maximum Gasteiger partial charge on any atom is 0.254 e. The average Bonchev–Trinajstić information content (AvgIpc) is 2.86. The van der Waals surface area contributed by atoms with Crippen LogP contribution in [-0.4, -0.2) is 32.6 Å². The Balaban J connectivity index is 3.11. The second-order valence-electron chi connectivity index (χ2n) is 2.39. The van der Waals surface area contributed by atoms with Gasteiger partial charge in [-0.25, -0.2) is 4.98 Å². The van der Waals surface area contributed by atoms with Crippen LogP contribution in [0, 0.1) is 6.85 Å². The van der Waals surface area contributed by atoms with Crippen molar-refractivity contribution in [2.24, 2.45) is 0 Å². The number of nitrogens with zero attached hydrogens (tertiary/aromatic N) is 5. The van der Waals surface area contributed by atoms with Crippen molar-refractivity contribution in [3.8, 4) is 0 Å². The fourth-order valence-electron chi connectivity index (χ4n) is 0.990. The van der Waals surface area contributed by atoms with E-state index in [1.807, 2.05) is 0 Å². The number of aryl methyl sites for hydroxylation is 1. The summed E-state index contributed by atoms with van der Waals surface area (Å²) >= 11 is 0. The number of fused-ring (bicyclic) bond motifs is 1. The molecule has 0 fully saturated rings. The van der Waals surface area contributed by atoms with E-state index >= 15 is 0 Å².